The van der Waals surface area contributed by atoms with Crippen molar-refractivity contribution >= 4 is 21.7 Å². The summed E-state index contributed by atoms with van der Waals surface area (Å²) in [5, 5.41) is 2.67. The molecule has 0 saturated carbocycles. The van der Waals surface area contributed by atoms with Gasteiger partial charge in [-0.05, 0) is 37.6 Å². The van der Waals surface area contributed by atoms with Gasteiger partial charge in [0, 0.05) is 11.6 Å². The molecular weight excluding hydrogens is 308 g/mol. The Kier molecular flexibility index (Phi) is 4.70. The van der Waals surface area contributed by atoms with Gasteiger partial charge in [-0.3, -0.25) is 9.59 Å². The van der Waals surface area contributed by atoms with Gasteiger partial charge in [0.05, 0.1) is 11.5 Å². The molecule has 0 bridgehead atoms. The first-order chi connectivity index (χ1) is 10.3. The second-order valence-corrected chi connectivity index (χ2v) is 7.49. The molecular formula is C14H18N2O5S. The highest BCUT2D eigenvalue weighted by Crippen LogP contribution is 2.15. The SMILES string of the molecule is C[C@H](Oc1ccc(C(N)=O)cc1)C(=O)N[C@H]1CCS(=O)(=O)C1. The van der Waals surface area contributed by atoms with Gasteiger partial charge >= 0.3 is 0 Å². The standard InChI is InChI=1S/C14H18N2O5S/c1-9(14(18)16-11-6-7-22(19,20)8-11)21-12-4-2-10(3-5-12)13(15)17/h2-5,9,11H,6-8H2,1H3,(H2,15,17)(H,16,18)/t9-,11-/m0/s1. The number of hydrogen-bond donors (Lipinski definition) is 2. The summed E-state index contributed by atoms with van der Waals surface area (Å²) in [5.74, 6) is -0.423. The molecule has 0 aliphatic carbocycles. The van der Waals surface area contributed by atoms with Crippen LogP contribution in [0.2, 0.25) is 0 Å². The monoisotopic (exact) mass is 326 g/mol. The van der Waals surface area contributed by atoms with Gasteiger partial charge in [0.15, 0.2) is 15.9 Å². The van der Waals surface area contributed by atoms with Crippen LogP contribution in [-0.2, 0) is 14.6 Å². The summed E-state index contributed by atoms with van der Waals surface area (Å²) in [4.78, 5) is 22.9. The third kappa shape index (κ3) is 4.20. The van der Waals surface area contributed by atoms with Crippen LogP contribution in [-0.4, -0.2) is 43.9 Å². The van der Waals surface area contributed by atoms with Gasteiger partial charge in [-0.25, -0.2) is 8.42 Å². The van der Waals surface area contributed by atoms with Crippen LogP contribution in [0.4, 0.5) is 0 Å². The predicted molar refractivity (Wildman–Crippen MR) is 80.3 cm³/mol. The van der Waals surface area contributed by atoms with Gasteiger partial charge in [-0.1, -0.05) is 0 Å². The van der Waals surface area contributed by atoms with Crippen molar-refractivity contribution in [2.75, 3.05) is 11.5 Å². The molecule has 2 rings (SSSR count). The van der Waals surface area contributed by atoms with Crippen molar-refractivity contribution in [3.8, 4) is 5.75 Å². The van der Waals surface area contributed by atoms with E-state index in [0.717, 1.165) is 0 Å². The Morgan fingerprint density at radius 1 is 1.32 bits per heavy atom. The second-order valence-electron chi connectivity index (χ2n) is 5.26. The molecule has 1 heterocycles. The maximum atomic E-state index is 12.0. The molecule has 1 aliphatic rings. The molecule has 3 N–H and O–H groups in total. The van der Waals surface area contributed by atoms with E-state index in [2.05, 4.69) is 5.32 Å². The van der Waals surface area contributed by atoms with Gasteiger partial charge in [-0.2, -0.15) is 0 Å². The minimum absolute atomic E-state index is 0.0290. The largest absolute Gasteiger partial charge is 0.481 e. The number of benzene rings is 1. The van der Waals surface area contributed by atoms with E-state index in [1.54, 1.807) is 19.1 Å². The van der Waals surface area contributed by atoms with Crippen molar-refractivity contribution in [3.05, 3.63) is 29.8 Å². The van der Waals surface area contributed by atoms with Gasteiger partial charge < -0.3 is 15.8 Å². The Labute approximate surface area is 128 Å². The molecule has 22 heavy (non-hydrogen) atoms. The molecule has 1 fully saturated rings. The molecule has 8 heteroatoms. The Hall–Kier alpha value is -2.09. The van der Waals surface area contributed by atoms with Crippen LogP contribution in [0.15, 0.2) is 24.3 Å². The summed E-state index contributed by atoms with van der Waals surface area (Å²) in [5.41, 5.74) is 5.48. The van der Waals surface area contributed by atoms with E-state index in [-0.39, 0.29) is 23.5 Å². The fraction of sp³-hybridized carbons (Fsp3) is 0.429. The van der Waals surface area contributed by atoms with Crippen molar-refractivity contribution in [2.24, 2.45) is 5.73 Å². The molecule has 0 radical (unpaired) electrons. The van der Waals surface area contributed by atoms with Gasteiger partial charge in [0.25, 0.3) is 5.91 Å². The number of sulfone groups is 1. The average Bonchev–Trinajstić information content (AvgIpc) is 2.78. The van der Waals surface area contributed by atoms with Gasteiger partial charge in [-0.15, -0.1) is 0 Å². The summed E-state index contributed by atoms with van der Waals surface area (Å²) in [6, 6.07) is 5.74. The molecule has 0 aromatic heterocycles. The zero-order chi connectivity index (χ0) is 16.3. The summed E-state index contributed by atoms with van der Waals surface area (Å²) in [6.45, 7) is 1.57. The number of amides is 2. The molecule has 1 aromatic carbocycles. The minimum Gasteiger partial charge on any atom is -0.481 e. The topological polar surface area (TPSA) is 116 Å². The minimum atomic E-state index is -3.04. The Morgan fingerprint density at radius 3 is 2.45 bits per heavy atom. The third-order valence-corrected chi connectivity index (χ3v) is 5.17. The van der Waals surface area contributed by atoms with Crippen LogP contribution in [0.5, 0.6) is 5.75 Å². The number of carbonyl (C=O) groups is 2. The Balaban J connectivity index is 1.90. The normalized spacial score (nSPS) is 21.0. The zero-order valence-corrected chi connectivity index (χ0v) is 12.9. The van der Waals surface area contributed by atoms with E-state index < -0.39 is 21.8 Å². The fourth-order valence-corrected chi connectivity index (χ4v) is 3.86. The van der Waals surface area contributed by atoms with Crippen molar-refractivity contribution in [1.29, 1.82) is 0 Å². The molecule has 2 amide bonds. The average molecular weight is 326 g/mol. The lowest BCUT2D eigenvalue weighted by molar-refractivity contribution is -0.127. The number of nitrogens with one attached hydrogen (secondary N) is 1. The highest BCUT2D eigenvalue weighted by atomic mass is 32.2. The van der Waals surface area contributed by atoms with E-state index in [4.69, 9.17) is 10.5 Å². The van der Waals surface area contributed by atoms with Crippen LogP contribution in [0.1, 0.15) is 23.7 Å². The lowest BCUT2D eigenvalue weighted by atomic mass is 10.2. The van der Waals surface area contributed by atoms with Crippen LogP contribution in [0.3, 0.4) is 0 Å². The molecule has 0 unspecified atom stereocenters. The third-order valence-electron chi connectivity index (χ3n) is 3.40. The molecule has 7 nitrogen and oxygen atoms in total. The first-order valence-electron chi connectivity index (χ1n) is 6.84. The highest BCUT2D eigenvalue weighted by molar-refractivity contribution is 7.91. The second kappa shape index (κ2) is 6.35. The number of rotatable bonds is 5. The van der Waals surface area contributed by atoms with E-state index >= 15 is 0 Å². The van der Waals surface area contributed by atoms with Crippen molar-refractivity contribution in [2.45, 2.75) is 25.5 Å². The van der Waals surface area contributed by atoms with E-state index in [1.807, 2.05) is 0 Å². The maximum Gasteiger partial charge on any atom is 0.261 e. The lowest BCUT2D eigenvalue weighted by Crippen LogP contribution is -2.43. The smallest absolute Gasteiger partial charge is 0.261 e. The van der Waals surface area contributed by atoms with Crippen LogP contribution in [0.25, 0.3) is 0 Å². The van der Waals surface area contributed by atoms with Gasteiger partial charge in [0.2, 0.25) is 5.91 Å². The molecule has 1 saturated heterocycles. The summed E-state index contributed by atoms with van der Waals surface area (Å²) < 4.78 is 28.2. The quantitative estimate of drug-likeness (QED) is 0.781. The number of hydrogen-bond acceptors (Lipinski definition) is 5. The molecule has 2 atom stereocenters. The van der Waals surface area contributed by atoms with Crippen LogP contribution >= 0.6 is 0 Å². The molecule has 0 spiro atoms. The number of ether oxygens (including phenoxy) is 1. The summed E-state index contributed by atoms with van der Waals surface area (Å²) in [6.07, 6.45) is -0.351. The fourth-order valence-electron chi connectivity index (χ4n) is 2.18. The number of nitrogens with two attached hydrogens (primary N) is 1. The number of primary amides is 1. The van der Waals surface area contributed by atoms with E-state index in [1.165, 1.54) is 12.1 Å². The predicted octanol–water partition coefficient (Wildman–Crippen LogP) is -0.144. The van der Waals surface area contributed by atoms with Crippen molar-refractivity contribution in [1.82, 2.24) is 5.32 Å². The first-order valence-corrected chi connectivity index (χ1v) is 8.66. The van der Waals surface area contributed by atoms with Gasteiger partial charge in [0.1, 0.15) is 5.75 Å². The molecule has 1 aliphatic heterocycles. The molecule has 1 aromatic rings. The van der Waals surface area contributed by atoms with E-state index in [9.17, 15) is 18.0 Å². The van der Waals surface area contributed by atoms with Crippen molar-refractivity contribution in [3.63, 3.8) is 0 Å². The first kappa shape index (κ1) is 16.3. The summed E-state index contributed by atoms with van der Waals surface area (Å²) >= 11 is 0. The summed E-state index contributed by atoms with van der Waals surface area (Å²) in [7, 11) is -3.04. The maximum absolute atomic E-state index is 12.0. The highest BCUT2D eigenvalue weighted by Gasteiger charge is 2.30. The Morgan fingerprint density at radius 2 is 1.95 bits per heavy atom. The number of carbonyl (C=O) groups excluding carboxylic acids is 2. The zero-order valence-electron chi connectivity index (χ0n) is 12.1. The van der Waals surface area contributed by atoms with Crippen LogP contribution < -0.4 is 15.8 Å². The van der Waals surface area contributed by atoms with E-state index in [0.29, 0.717) is 17.7 Å². The van der Waals surface area contributed by atoms with Crippen molar-refractivity contribution < 1.29 is 22.7 Å². The van der Waals surface area contributed by atoms with Crippen LogP contribution in [0, 0.1) is 0 Å². The lowest BCUT2D eigenvalue weighted by Gasteiger charge is -2.17. The Bertz CT molecular complexity index is 669. The molecule has 120 valence electrons.